The Hall–Kier alpha value is -3.35. The summed E-state index contributed by atoms with van der Waals surface area (Å²) in [7, 11) is 3.18. The van der Waals surface area contributed by atoms with E-state index in [0.717, 1.165) is 22.3 Å². The Morgan fingerprint density at radius 1 is 0.844 bits per heavy atom. The Kier molecular flexibility index (Phi) is 4.12. The van der Waals surface area contributed by atoms with Crippen LogP contribution in [0.25, 0.3) is 0 Å². The minimum absolute atomic E-state index is 0.185. The van der Waals surface area contributed by atoms with E-state index in [1.807, 2.05) is 36.4 Å². The van der Waals surface area contributed by atoms with Crippen LogP contribution in [0.15, 0.2) is 73.1 Å². The molecular weight excluding hydrogens is 404 g/mol. The molecule has 1 aliphatic heterocycles. The van der Waals surface area contributed by atoms with E-state index in [4.69, 9.17) is 9.47 Å². The summed E-state index contributed by atoms with van der Waals surface area (Å²) in [6.45, 7) is 0. The number of carbonyl (C=O) groups is 2. The van der Waals surface area contributed by atoms with Crippen molar-refractivity contribution in [3.63, 3.8) is 0 Å². The summed E-state index contributed by atoms with van der Waals surface area (Å²) in [5, 5.41) is 0. The zero-order valence-corrected chi connectivity index (χ0v) is 17.8. The lowest BCUT2D eigenvalue weighted by molar-refractivity contribution is -0.168. The average molecular weight is 426 g/mol. The van der Waals surface area contributed by atoms with Gasteiger partial charge in [0.05, 0.1) is 22.9 Å². The second kappa shape index (κ2) is 6.82. The summed E-state index contributed by atoms with van der Waals surface area (Å²) in [5.41, 5.74) is 3.71. The predicted molar refractivity (Wildman–Crippen MR) is 117 cm³/mol. The smallest absolute Gasteiger partial charge is 0.239 e. The zero-order valence-electron chi connectivity index (χ0n) is 17.8. The molecule has 2 amide bonds. The van der Waals surface area contributed by atoms with Gasteiger partial charge in [0.25, 0.3) is 0 Å². The van der Waals surface area contributed by atoms with E-state index in [0.29, 0.717) is 5.69 Å². The van der Waals surface area contributed by atoms with Crippen LogP contribution in [0.4, 0.5) is 5.69 Å². The molecule has 6 nitrogen and oxygen atoms in total. The Bertz CT molecular complexity index is 1190. The Morgan fingerprint density at radius 3 is 1.97 bits per heavy atom. The number of hydrogen-bond acceptors (Lipinski definition) is 5. The second-order valence-corrected chi connectivity index (χ2v) is 8.55. The number of nitrogens with zero attached hydrogens (tertiary/aromatic N) is 2. The summed E-state index contributed by atoms with van der Waals surface area (Å²) in [6, 6.07) is 19.6. The van der Waals surface area contributed by atoms with Gasteiger partial charge in [0, 0.05) is 32.5 Å². The molecule has 6 heteroatoms. The summed E-state index contributed by atoms with van der Waals surface area (Å²) in [6.07, 6.45) is 2.45. The number of ether oxygens (including phenoxy) is 2. The number of benzene rings is 2. The lowest BCUT2D eigenvalue weighted by atomic mass is 9.47. The molecule has 2 heterocycles. The number of imide groups is 1. The highest BCUT2D eigenvalue weighted by Gasteiger charge is 2.71. The van der Waals surface area contributed by atoms with Crippen LogP contribution in [0.1, 0.15) is 28.2 Å². The van der Waals surface area contributed by atoms with Crippen molar-refractivity contribution >= 4 is 17.5 Å². The third-order valence-electron chi connectivity index (χ3n) is 7.40. The zero-order chi connectivity index (χ0) is 22.0. The molecule has 0 spiro atoms. The first-order chi connectivity index (χ1) is 15.7. The number of methoxy groups -OCH3 is 2. The van der Waals surface area contributed by atoms with Crippen LogP contribution in [0.2, 0.25) is 0 Å². The van der Waals surface area contributed by atoms with Crippen molar-refractivity contribution in [2.45, 2.75) is 17.6 Å². The maximum atomic E-state index is 14.1. The van der Waals surface area contributed by atoms with Gasteiger partial charge in [-0.05, 0) is 34.4 Å². The van der Waals surface area contributed by atoms with Crippen molar-refractivity contribution in [2.75, 3.05) is 19.1 Å². The molecule has 2 aromatic carbocycles. The van der Waals surface area contributed by atoms with E-state index >= 15 is 0 Å². The molecule has 7 rings (SSSR count). The summed E-state index contributed by atoms with van der Waals surface area (Å²) >= 11 is 0. The van der Waals surface area contributed by atoms with E-state index in [1.165, 1.54) is 4.90 Å². The maximum Gasteiger partial charge on any atom is 0.239 e. The summed E-state index contributed by atoms with van der Waals surface area (Å²) < 4.78 is 11.8. The molecule has 2 atom stereocenters. The molecule has 4 aliphatic rings. The molecular formula is C26H22N2O4. The second-order valence-electron chi connectivity index (χ2n) is 8.55. The topological polar surface area (TPSA) is 68.7 Å². The number of amides is 2. The fourth-order valence-electron chi connectivity index (χ4n) is 6.45. The van der Waals surface area contributed by atoms with Gasteiger partial charge in [0.1, 0.15) is 0 Å². The largest absolute Gasteiger partial charge is 0.355 e. The van der Waals surface area contributed by atoms with Crippen LogP contribution in [0, 0.1) is 11.8 Å². The number of hydrogen-bond donors (Lipinski definition) is 0. The first-order valence-electron chi connectivity index (χ1n) is 10.7. The molecule has 1 aromatic heterocycles. The van der Waals surface area contributed by atoms with Gasteiger partial charge in [-0.2, -0.15) is 0 Å². The van der Waals surface area contributed by atoms with Crippen molar-refractivity contribution in [1.29, 1.82) is 0 Å². The molecule has 0 radical (unpaired) electrons. The highest BCUT2D eigenvalue weighted by Crippen LogP contribution is 2.65. The Balaban J connectivity index is 1.69. The third-order valence-corrected chi connectivity index (χ3v) is 7.40. The molecule has 1 fully saturated rings. The SMILES string of the molecule is COC(OC)C12c3ccccc3C(c3ccccc31)[C@H]1C(=O)N(c3ccncc3)C(=O)[C@H]12. The van der Waals surface area contributed by atoms with Crippen molar-refractivity contribution in [3.05, 3.63) is 95.3 Å². The normalized spacial score (nSPS) is 27.5. The van der Waals surface area contributed by atoms with Crippen molar-refractivity contribution in [1.82, 2.24) is 4.98 Å². The fraction of sp³-hybridized carbons (Fsp3) is 0.269. The Morgan fingerprint density at radius 2 is 1.41 bits per heavy atom. The molecule has 0 unspecified atom stereocenters. The minimum atomic E-state index is -0.940. The minimum Gasteiger partial charge on any atom is -0.355 e. The van der Waals surface area contributed by atoms with Gasteiger partial charge >= 0.3 is 0 Å². The van der Waals surface area contributed by atoms with Crippen LogP contribution in [0.5, 0.6) is 0 Å². The lowest BCUT2D eigenvalue weighted by Gasteiger charge is -2.56. The van der Waals surface area contributed by atoms with Gasteiger partial charge in [-0.3, -0.25) is 14.6 Å². The number of rotatable bonds is 4. The van der Waals surface area contributed by atoms with E-state index in [1.54, 1.807) is 38.7 Å². The predicted octanol–water partition coefficient (Wildman–Crippen LogP) is 3.25. The third kappa shape index (κ3) is 2.13. The average Bonchev–Trinajstić information content (AvgIpc) is 3.11. The molecule has 160 valence electrons. The highest BCUT2D eigenvalue weighted by atomic mass is 16.7. The molecule has 3 aliphatic carbocycles. The highest BCUT2D eigenvalue weighted by molar-refractivity contribution is 6.23. The van der Waals surface area contributed by atoms with Crippen molar-refractivity contribution in [3.8, 4) is 0 Å². The van der Waals surface area contributed by atoms with Crippen LogP contribution < -0.4 is 4.90 Å². The van der Waals surface area contributed by atoms with Crippen LogP contribution in [-0.4, -0.2) is 37.3 Å². The molecule has 1 saturated heterocycles. The summed E-state index contributed by atoms with van der Waals surface area (Å²) in [4.78, 5) is 33.4. The maximum absolute atomic E-state index is 14.1. The first-order valence-corrected chi connectivity index (χ1v) is 10.7. The van der Waals surface area contributed by atoms with Gasteiger partial charge in [0.15, 0.2) is 6.29 Å². The van der Waals surface area contributed by atoms with Gasteiger partial charge < -0.3 is 9.47 Å². The van der Waals surface area contributed by atoms with E-state index in [2.05, 4.69) is 17.1 Å². The first kappa shape index (κ1) is 19.3. The van der Waals surface area contributed by atoms with Gasteiger partial charge in [0.2, 0.25) is 11.8 Å². The number of pyridine rings is 1. The van der Waals surface area contributed by atoms with Crippen molar-refractivity contribution in [2.24, 2.45) is 11.8 Å². The van der Waals surface area contributed by atoms with E-state index in [9.17, 15) is 9.59 Å². The molecule has 3 aromatic rings. The number of anilines is 1. The Labute approximate surface area is 185 Å². The lowest BCUT2D eigenvalue weighted by Crippen LogP contribution is -2.60. The molecule has 0 saturated carbocycles. The van der Waals surface area contributed by atoms with Crippen LogP contribution in [0.3, 0.4) is 0 Å². The molecule has 2 bridgehead atoms. The summed E-state index contributed by atoms with van der Waals surface area (Å²) in [5.74, 6) is -1.78. The fourth-order valence-corrected chi connectivity index (χ4v) is 6.45. The van der Waals surface area contributed by atoms with Gasteiger partial charge in [-0.15, -0.1) is 0 Å². The standard InChI is InChI=1S/C26H22N2O4/c1-31-25(32-2)26-18-9-5-3-7-16(18)20(17-8-4-6-10-19(17)26)21-22(26)24(30)28(23(21)29)15-11-13-27-14-12-15/h3-14,20-22,25H,1-2H3/t20?,21-,22+,26?/m1/s1. The quantitative estimate of drug-likeness (QED) is 0.473. The van der Waals surface area contributed by atoms with E-state index < -0.39 is 23.5 Å². The van der Waals surface area contributed by atoms with Crippen LogP contribution in [-0.2, 0) is 24.5 Å². The van der Waals surface area contributed by atoms with Gasteiger partial charge in [-0.25, -0.2) is 4.90 Å². The van der Waals surface area contributed by atoms with Crippen LogP contribution >= 0.6 is 0 Å². The number of aromatic nitrogens is 1. The molecule has 32 heavy (non-hydrogen) atoms. The van der Waals surface area contributed by atoms with Gasteiger partial charge in [-0.1, -0.05) is 48.5 Å². The molecule has 0 N–H and O–H groups in total. The number of carbonyl (C=O) groups excluding carboxylic acids is 2. The van der Waals surface area contributed by atoms with Crippen molar-refractivity contribution < 1.29 is 19.1 Å². The van der Waals surface area contributed by atoms with E-state index in [-0.39, 0.29) is 17.7 Å². The monoisotopic (exact) mass is 426 g/mol.